The monoisotopic (exact) mass is 456 g/mol. The average molecular weight is 457 g/mol. The van der Waals surface area contributed by atoms with Crippen molar-refractivity contribution in [2.45, 2.75) is 66.8 Å². The van der Waals surface area contributed by atoms with Gasteiger partial charge in [0.2, 0.25) is 0 Å². The molecule has 0 aromatic carbocycles. The number of aryl methyl sites for hydroxylation is 2. The number of carbonyl (C=O) groups excluding carboxylic acids is 1. The first-order valence-electron chi connectivity index (χ1n) is 11.4. The number of rotatable bonds is 6. The van der Waals surface area contributed by atoms with Crippen LogP contribution in [0.2, 0.25) is 0 Å². The average Bonchev–Trinajstić information content (AvgIpc) is 3.42. The van der Waals surface area contributed by atoms with Crippen molar-refractivity contribution in [2.24, 2.45) is 24.8 Å². The number of ketones is 1. The van der Waals surface area contributed by atoms with Gasteiger partial charge in [-0.3, -0.25) is 23.8 Å². The lowest BCUT2D eigenvalue weighted by atomic mass is 9.92. The van der Waals surface area contributed by atoms with Crippen molar-refractivity contribution in [3.05, 3.63) is 48.2 Å². The molecule has 4 rings (SSSR count). The highest BCUT2D eigenvalue weighted by Gasteiger charge is 2.33. The van der Waals surface area contributed by atoms with Crippen LogP contribution in [-0.2, 0) is 20.0 Å². The van der Waals surface area contributed by atoms with E-state index in [9.17, 15) is 14.4 Å². The highest BCUT2D eigenvalue weighted by atomic mass is 32.1. The normalized spacial score (nSPS) is 18.8. The molecule has 0 amide bonds. The number of H-pyrrole nitrogens is 1. The third-order valence-corrected chi connectivity index (χ3v) is 7.93. The summed E-state index contributed by atoms with van der Waals surface area (Å²) in [7, 11) is 1.51. The van der Waals surface area contributed by atoms with Gasteiger partial charge in [0.05, 0.1) is 11.1 Å². The second-order valence-corrected chi connectivity index (χ2v) is 10.9. The maximum Gasteiger partial charge on any atom is 0.331 e. The lowest BCUT2D eigenvalue weighted by Crippen LogP contribution is -2.38. The van der Waals surface area contributed by atoms with E-state index in [4.69, 9.17) is 0 Å². The number of aromatic amines is 1. The zero-order chi connectivity index (χ0) is 23.3. The fourth-order valence-corrected chi connectivity index (χ4v) is 6.24. The molecule has 1 unspecified atom stereocenters. The molecule has 0 bridgehead atoms. The molecule has 172 valence electrons. The Balaban J connectivity index is 2.00. The summed E-state index contributed by atoms with van der Waals surface area (Å²) in [5.74, 6) is 0.731. The SMILES string of the molecule is Cc1n[nH]c(C)c1Cc1sc2c(c1C(=O)C1CC[C@@H](C)C1)c(=O)n(C)c(=O)n2CC(C)C. The number of carbonyl (C=O) groups is 1. The number of hydrogen-bond donors (Lipinski definition) is 1. The largest absolute Gasteiger partial charge is 0.331 e. The van der Waals surface area contributed by atoms with Crippen molar-refractivity contribution in [2.75, 3.05) is 0 Å². The number of Topliss-reactive ketones (excluding diaryl/α,β-unsaturated/α-hetero) is 1. The van der Waals surface area contributed by atoms with Crippen LogP contribution >= 0.6 is 11.3 Å². The van der Waals surface area contributed by atoms with E-state index in [0.29, 0.717) is 34.7 Å². The van der Waals surface area contributed by atoms with Gasteiger partial charge in [-0.05, 0) is 44.9 Å². The number of fused-ring (bicyclic) bond motifs is 1. The Bertz CT molecular complexity index is 1290. The van der Waals surface area contributed by atoms with E-state index in [-0.39, 0.29) is 28.9 Å². The molecule has 2 atom stereocenters. The third kappa shape index (κ3) is 3.78. The van der Waals surface area contributed by atoms with Crippen LogP contribution in [0.25, 0.3) is 10.2 Å². The highest BCUT2D eigenvalue weighted by molar-refractivity contribution is 7.19. The minimum absolute atomic E-state index is 0.0567. The van der Waals surface area contributed by atoms with E-state index in [1.807, 2.05) is 27.7 Å². The van der Waals surface area contributed by atoms with E-state index in [1.54, 1.807) is 4.57 Å². The van der Waals surface area contributed by atoms with E-state index < -0.39 is 0 Å². The summed E-state index contributed by atoms with van der Waals surface area (Å²) in [4.78, 5) is 41.6. The van der Waals surface area contributed by atoms with Crippen LogP contribution < -0.4 is 11.2 Å². The Kier molecular flexibility index (Phi) is 6.00. The molecule has 1 fully saturated rings. The standard InChI is InChI=1S/C24H32N4O3S/c1-12(2)11-28-23-20(22(30)27(6)24(28)31)19(21(29)16-8-7-13(3)9-16)18(32-23)10-17-14(4)25-26-15(17)5/h12-13,16H,7-11H2,1-6H3,(H,25,26)/t13-,16?/m1/s1. The number of thiophene rings is 1. The summed E-state index contributed by atoms with van der Waals surface area (Å²) in [6, 6.07) is 0. The maximum absolute atomic E-state index is 13.8. The summed E-state index contributed by atoms with van der Waals surface area (Å²) >= 11 is 1.42. The van der Waals surface area contributed by atoms with Crippen LogP contribution in [0, 0.1) is 31.6 Å². The van der Waals surface area contributed by atoms with Crippen LogP contribution in [0.15, 0.2) is 9.59 Å². The molecule has 0 aliphatic heterocycles. The minimum Gasteiger partial charge on any atom is -0.294 e. The maximum atomic E-state index is 13.8. The number of nitrogens with zero attached hydrogens (tertiary/aromatic N) is 3. The zero-order valence-corrected chi connectivity index (χ0v) is 20.6. The van der Waals surface area contributed by atoms with E-state index in [0.717, 1.165) is 45.7 Å². The van der Waals surface area contributed by atoms with Crippen LogP contribution in [0.1, 0.15) is 72.2 Å². The van der Waals surface area contributed by atoms with Gasteiger partial charge in [0.25, 0.3) is 5.56 Å². The Hall–Kier alpha value is -2.48. The van der Waals surface area contributed by atoms with Gasteiger partial charge in [-0.25, -0.2) is 4.79 Å². The van der Waals surface area contributed by atoms with Gasteiger partial charge < -0.3 is 0 Å². The van der Waals surface area contributed by atoms with Gasteiger partial charge >= 0.3 is 5.69 Å². The van der Waals surface area contributed by atoms with Crippen LogP contribution in [0.4, 0.5) is 0 Å². The summed E-state index contributed by atoms with van der Waals surface area (Å²) in [6.07, 6.45) is 3.26. The van der Waals surface area contributed by atoms with Crippen molar-refractivity contribution in [1.29, 1.82) is 0 Å². The molecule has 0 spiro atoms. The number of hydrogen-bond acceptors (Lipinski definition) is 5. The van der Waals surface area contributed by atoms with Crippen molar-refractivity contribution < 1.29 is 4.79 Å². The lowest BCUT2D eigenvalue weighted by molar-refractivity contribution is 0.0921. The Morgan fingerprint density at radius 3 is 2.53 bits per heavy atom. The van der Waals surface area contributed by atoms with Crippen LogP contribution in [0.5, 0.6) is 0 Å². The zero-order valence-electron chi connectivity index (χ0n) is 19.7. The van der Waals surface area contributed by atoms with Crippen LogP contribution in [-0.4, -0.2) is 25.1 Å². The predicted molar refractivity (Wildman–Crippen MR) is 128 cm³/mol. The predicted octanol–water partition coefficient (Wildman–Crippen LogP) is 3.97. The fourth-order valence-electron chi connectivity index (χ4n) is 4.93. The first-order valence-corrected chi connectivity index (χ1v) is 12.2. The topological polar surface area (TPSA) is 89.8 Å². The molecule has 1 N–H and O–H groups in total. The highest BCUT2D eigenvalue weighted by Crippen LogP contribution is 2.38. The summed E-state index contributed by atoms with van der Waals surface area (Å²) in [6.45, 7) is 10.7. The summed E-state index contributed by atoms with van der Waals surface area (Å²) in [5.41, 5.74) is 2.72. The molecule has 0 saturated heterocycles. The molecule has 1 saturated carbocycles. The van der Waals surface area contributed by atoms with Gasteiger partial charge in [-0.1, -0.05) is 20.8 Å². The van der Waals surface area contributed by atoms with Crippen molar-refractivity contribution in [1.82, 2.24) is 19.3 Å². The van der Waals surface area contributed by atoms with Gasteiger partial charge in [-0.15, -0.1) is 11.3 Å². The number of nitrogens with one attached hydrogen (secondary N) is 1. The minimum atomic E-state index is -0.373. The first-order chi connectivity index (χ1) is 15.1. The van der Waals surface area contributed by atoms with Gasteiger partial charge in [-0.2, -0.15) is 5.10 Å². The smallest absolute Gasteiger partial charge is 0.294 e. The van der Waals surface area contributed by atoms with Crippen molar-refractivity contribution in [3.8, 4) is 0 Å². The molecular formula is C24H32N4O3S. The molecule has 7 nitrogen and oxygen atoms in total. The second kappa shape index (κ2) is 8.46. The van der Waals surface area contributed by atoms with E-state index >= 15 is 0 Å². The Morgan fingerprint density at radius 2 is 1.97 bits per heavy atom. The Labute approximate surface area is 191 Å². The first kappa shape index (κ1) is 22.7. The molecule has 0 radical (unpaired) electrons. The van der Waals surface area contributed by atoms with Crippen molar-refractivity contribution >= 4 is 27.3 Å². The summed E-state index contributed by atoms with van der Waals surface area (Å²) in [5, 5.41) is 7.73. The molecular weight excluding hydrogens is 424 g/mol. The quantitative estimate of drug-likeness (QED) is 0.569. The van der Waals surface area contributed by atoms with Gasteiger partial charge in [0.15, 0.2) is 5.78 Å². The van der Waals surface area contributed by atoms with E-state index in [1.165, 1.54) is 18.4 Å². The molecule has 3 aromatic heterocycles. The molecule has 8 heteroatoms. The molecule has 1 aliphatic carbocycles. The second-order valence-electron chi connectivity index (χ2n) is 9.80. The lowest BCUT2D eigenvalue weighted by Gasteiger charge is -2.13. The van der Waals surface area contributed by atoms with Gasteiger partial charge in [0.1, 0.15) is 4.83 Å². The van der Waals surface area contributed by atoms with Crippen LogP contribution in [0.3, 0.4) is 0 Å². The molecule has 3 heterocycles. The van der Waals surface area contributed by atoms with Gasteiger partial charge in [0, 0.05) is 47.6 Å². The summed E-state index contributed by atoms with van der Waals surface area (Å²) < 4.78 is 2.84. The third-order valence-electron chi connectivity index (χ3n) is 6.72. The Morgan fingerprint density at radius 1 is 1.25 bits per heavy atom. The molecule has 32 heavy (non-hydrogen) atoms. The van der Waals surface area contributed by atoms with E-state index in [2.05, 4.69) is 17.1 Å². The molecule has 3 aromatic rings. The molecule has 1 aliphatic rings. The fraction of sp³-hybridized carbons (Fsp3) is 0.583. The number of aromatic nitrogens is 4. The van der Waals surface area contributed by atoms with Crippen molar-refractivity contribution in [3.63, 3.8) is 0 Å².